The molecule has 1 N–H and O–H groups in total. The van der Waals surface area contributed by atoms with E-state index in [2.05, 4.69) is 24.1 Å². The Labute approximate surface area is 207 Å². The van der Waals surface area contributed by atoms with Gasteiger partial charge in [-0.2, -0.15) is 0 Å². The van der Waals surface area contributed by atoms with Crippen LogP contribution in [0, 0.1) is 6.92 Å². The molecule has 8 heteroatoms. The van der Waals surface area contributed by atoms with Gasteiger partial charge in [0.1, 0.15) is 11.5 Å². The lowest BCUT2D eigenvalue weighted by Gasteiger charge is -2.29. The fourth-order valence-corrected chi connectivity index (χ4v) is 3.87. The summed E-state index contributed by atoms with van der Waals surface area (Å²) in [5.74, 6) is 0.746. The number of aryl methyl sites for hydroxylation is 1. The molecule has 0 radical (unpaired) electrons. The Bertz CT molecular complexity index is 1020. The van der Waals surface area contributed by atoms with Crippen LogP contribution in [0.4, 0.5) is 5.69 Å². The molecule has 1 aliphatic rings. The third-order valence-corrected chi connectivity index (χ3v) is 6.05. The number of rotatable bonds is 13. The molecule has 188 valence electrons. The summed E-state index contributed by atoms with van der Waals surface area (Å²) in [6, 6.07) is 12.5. The predicted octanol–water partition coefficient (Wildman–Crippen LogP) is 3.22. The van der Waals surface area contributed by atoms with Crippen molar-refractivity contribution in [3.63, 3.8) is 0 Å². The van der Waals surface area contributed by atoms with Gasteiger partial charge in [0.2, 0.25) is 5.91 Å². The fraction of sp³-hybridized carbons (Fsp3) is 0.444. The molecule has 0 spiro atoms. The van der Waals surface area contributed by atoms with E-state index in [-0.39, 0.29) is 30.8 Å². The van der Waals surface area contributed by atoms with Crippen LogP contribution in [0.1, 0.15) is 42.6 Å². The molecule has 0 saturated heterocycles. The van der Waals surface area contributed by atoms with Crippen LogP contribution in [0.5, 0.6) is 11.5 Å². The summed E-state index contributed by atoms with van der Waals surface area (Å²) in [4.78, 5) is 41.3. The standard InChI is InChI=1S/C27H35N3O5/c1-4-29(5-2)16-14-28-26(32)7-6-15-30-23-17-21(10-13-25(23)35-19-27(30)33)24(31)18-34-22-11-8-20(3)9-12-22/h8-13,17H,4-7,14-16,18-19H2,1-3H3,(H,28,32). The number of nitrogens with one attached hydrogen (secondary N) is 1. The lowest BCUT2D eigenvalue weighted by Crippen LogP contribution is -2.40. The van der Waals surface area contributed by atoms with Crippen LogP contribution in [-0.2, 0) is 9.59 Å². The maximum Gasteiger partial charge on any atom is 0.265 e. The van der Waals surface area contributed by atoms with E-state index in [1.807, 2.05) is 31.2 Å². The number of hydrogen-bond acceptors (Lipinski definition) is 6. The van der Waals surface area contributed by atoms with Gasteiger partial charge >= 0.3 is 0 Å². The molecule has 3 rings (SSSR count). The van der Waals surface area contributed by atoms with Gasteiger partial charge in [0.15, 0.2) is 19.0 Å². The van der Waals surface area contributed by atoms with Crippen LogP contribution >= 0.6 is 0 Å². The molecular formula is C27H35N3O5. The molecule has 0 fully saturated rings. The molecule has 2 aromatic carbocycles. The van der Waals surface area contributed by atoms with Gasteiger partial charge in [-0.25, -0.2) is 0 Å². The molecule has 0 aliphatic carbocycles. The van der Waals surface area contributed by atoms with Gasteiger partial charge in [0, 0.05) is 31.6 Å². The smallest absolute Gasteiger partial charge is 0.265 e. The highest BCUT2D eigenvalue weighted by Crippen LogP contribution is 2.33. The van der Waals surface area contributed by atoms with Gasteiger partial charge in [-0.3, -0.25) is 14.4 Å². The van der Waals surface area contributed by atoms with E-state index in [1.165, 1.54) is 0 Å². The Hall–Kier alpha value is -3.39. The number of ether oxygens (including phenoxy) is 2. The average Bonchev–Trinajstić information content (AvgIpc) is 2.87. The first-order valence-electron chi connectivity index (χ1n) is 12.2. The van der Waals surface area contributed by atoms with E-state index in [1.54, 1.807) is 23.1 Å². The van der Waals surface area contributed by atoms with Crippen LogP contribution in [-0.4, -0.2) is 68.4 Å². The molecule has 1 heterocycles. The number of Topliss-reactive ketones (excluding diaryl/α,β-unsaturated/α-hetero) is 1. The van der Waals surface area contributed by atoms with Gasteiger partial charge in [0.25, 0.3) is 5.91 Å². The van der Waals surface area contributed by atoms with E-state index >= 15 is 0 Å². The highest BCUT2D eigenvalue weighted by molar-refractivity contribution is 6.02. The second-order valence-corrected chi connectivity index (χ2v) is 8.52. The maximum atomic E-state index is 12.7. The molecule has 1 aliphatic heterocycles. The second kappa shape index (κ2) is 12.9. The normalized spacial score (nSPS) is 12.8. The molecule has 0 bridgehead atoms. The van der Waals surface area contributed by atoms with Crippen LogP contribution in [0.15, 0.2) is 42.5 Å². The molecule has 2 amide bonds. The fourth-order valence-electron chi connectivity index (χ4n) is 3.87. The van der Waals surface area contributed by atoms with Gasteiger partial charge in [-0.1, -0.05) is 31.5 Å². The minimum absolute atomic E-state index is 0.0322. The van der Waals surface area contributed by atoms with E-state index < -0.39 is 0 Å². The summed E-state index contributed by atoms with van der Waals surface area (Å²) < 4.78 is 11.2. The van der Waals surface area contributed by atoms with Crippen LogP contribution in [0.25, 0.3) is 0 Å². The molecule has 0 unspecified atom stereocenters. The van der Waals surface area contributed by atoms with E-state index in [0.29, 0.717) is 48.7 Å². The highest BCUT2D eigenvalue weighted by Gasteiger charge is 2.26. The number of fused-ring (bicyclic) bond motifs is 1. The first kappa shape index (κ1) is 26.2. The quantitative estimate of drug-likeness (QED) is 0.442. The summed E-state index contributed by atoms with van der Waals surface area (Å²) in [6.45, 7) is 9.71. The summed E-state index contributed by atoms with van der Waals surface area (Å²) in [6.07, 6.45) is 0.832. The summed E-state index contributed by atoms with van der Waals surface area (Å²) in [5, 5.41) is 2.94. The number of hydrogen-bond donors (Lipinski definition) is 1. The van der Waals surface area contributed by atoms with Crippen LogP contribution in [0.3, 0.4) is 0 Å². The number of benzene rings is 2. The van der Waals surface area contributed by atoms with Gasteiger partial charge in [-0.15, -0.1) is 0 Å². The first-order valence-corrected chi connectivity index (χ1v) is 12.2. The first-order chi connectivity index (χ1) is 16.9. The molecule has 2 aromatic rings. The van der Waals surface area contributed by atoms with Gasteiger partial charge in [0.05, 0.1) is 5.69 Å². The van der Waals surface area contributed by atoms with Gasteiger partial charge in [-0.05, 0) is 56.8 Å². The van der Waals surface area contributed by atoms with Crippen molar-refractivity contribution >= 4 is 23.3 Å². The maximum absolute atomic E-state index is 12.7. The van der Waals surface area contributed by atoms with Crippen molar-refractivity contribution in [2.75, 3.05) is 50.8 Å². The number of nitrogens with zero attached hydrogens (tertiary/aromatic N) is 2. The Morgan fingerprint density at radius 1 is 1.11 bits per heavy atom. The van der Waals surface area contributed by atoms with Crippen molar-refractivity contribution in [1.29, 1.82) is 0 Å². The Morgan fingerprint density at radius 3 is 2.57 bits per heavy atom. The van der Waals surface area contributed by atoms with Crippen molar-refractivity contribution in [3.8, 4) is 11.5 Å². The molecular weight excluding hydrogens is 446 g/mol. The SMILES string of the molecule is CCN(CC)CCNC(=O)CCCN1C(=O)COc2ccc(C(=O)COc3ccc(C)cc3)cc21. The number of amides is 2. The third-order valence-electron chi connectivity index (χ3n) is 6.05. The number of anilines is 1. The molecule has 0 aromatic heterocycles. The van der Waals surface area contributed by atoms with E-state index in [0.717, 1.165) is 25.2 Å². The Kier molecular flexibility index (Phi) is 9.66. The van der Waals surface area contributed by atoms with Gasteiger partial charge < -0.3 is 24.6 Å². The van der Waals surface area contributed by atoms with Crippen LogP contribution < -0.4 is 19.7 Å². The average molecular weight is 482 g/mol. The number of ketones is 1. The van der Waals surface area contributed by atoms with Crippen molar-refractivity contribution < 1.29 is 23.9 Å². The number of carbonyl (C=O) groups is 3. The largest absolute Gasteiger partial charge is 0.485 e. The Balaban J connectivity index is 1.55. The molecule has 0 saturated carbocycles. The number of likely N-dealkylation sites (N-methyl/N-ethyl adjacent to an activating group) is 1. The highest BCUT2D eigenvalue weighted by atomic mass is 16.5. The summed E-state index contributed by atoms with van der Waals surface area (Å²) >= 11 is 0. The summed E-state index contributed by atoms with van der Waals surface area (Å²) in [5.41, 5.74) is 2.10. The lowest BCUT2D eigenvalue weighted by molar-refractivity contribution is -0.122. The van der Waals surface area contributed by atoms with Crippen molar-refractivity contribution in [2.24, 2.45) is 0 Å². The topological polar surface area (TPSA) is 88.2 Å². The van der Waals surface area contributed by atoms with Crippen LogP contribution in [0.2, 0.25) is 0 Å². The van der Waals surface area contributed by atoms with Crippen molar-refractivity contribution in [1.82, 2.24) is 10.2 Å². The lowest BCUT2D eigenvalue weighted by atomic mass is 10.1. The molecule has 0 atom stereocenters. The minimum atomic E-state index is -0.195. The summed E-state index contributed by atoms with van der Waals surface area (Å²) in [7, 11) is 0. The Morgan fingerprint density at radius 2 is 1.86 bits per heavy atom. The van der Waals surface area contributed by atoms with E-state index in [4.69, 9.17) is 9.47 Å². The van der Waals surface area contributed by atoms with E-state index in [9.17, 15) is 14.4 Å². The monoisotopic (exact) mass is 481 g/mol. The zero-order valence-electron chi connectivity index (χ0n) is 20.8. The third kappa shape index (κ3) is 7.55. The zero-order chi connectivity index (χ0) is 25.2. The second-order valence-electron chi connectivity index (χ2n) is 8.52. The zero-order valence-corrected chi connectivity index (χ0v) is 20.8. The number of carbonyl (C=O) groups excluding carboxylic acids is 3. The molecule has 8 nitrogen and oxygen atoms in total. The predicted molar refractivity (Wildman–Crippen MR) is 135 cm³/mol. The van der Waals surface area contributed by atoms with Crippen molar-refractivity contribution in [3.05, 3.63) is 53.6 Å². The minimum Gasteiger partial charge on any atom is -0.485 e. The molecule has 35 heavy (non-hydrogen) atoms. The van der Waals surface area contributed by atoms with Crippen molar-refractivity contribution in [2.45, 2.75) is 33.6 Å².